The highest BCUT2D eigenvalue weighted by molar-refractivity contribution is 5.98. The minimum absolute atomic E-state index is 0.0267. The van der Waals surface area contributed by atoms with E-state index in [2.05, 4.69) is 5.32 Å². The fraction of sp³-hybridized carbons (Fsp3) is 0.286. The van der Waals surface area contributed by atoms with Crippen LogP contribution in [0.4, 0.5) is 5.69 Å². The number of nitrogens with two attached hydrogens (primary N) is 1. The van der Waals surface area contributed by atoms with Crippen LogP contribution in [0.15, 0.2) is 48.5 Å². The van der Waals surface area contributed by atoms with Crippen molar-refractivity contribution in [1.29, 1.82) is 0 Å². The molecule has 0 aromatic heterocycles. The third-order valence-electron chi connectivity index (χ3n) is 4.72. The summed E-state index contributed by atoms with van der Waals surface area (Å²) in [6.07, 6.45) is 0.245. The van der Waals surface area contributed by atoms with Crippen LogP contribution >= 0.6 is 0 Å². The van der Waals surface area contributed by atoms with Gasteiger partial charge in [-0.25, -0.2) is 0 Å². The van der Waals surface area contributed by atoms with Crippen LogP contribution in [0.5, 0.6) is 0 Å². The van der Waals surface area contributed by atoms with E-state index in [0.29, 0.717) is 24.3 Å². The summed E-state index contributed by atoms with van der Waals surface area (Å²) in [7, 11) is 0. The molecule has 0 bridgehead atoms. The maximum absolute atomic E-state index is 12.6. The van der Waals surface area contributed by atoms with Crippen LogP contribution in [0.1, 0.15) is 23.1 Å². The van der Waals surface area contributed by atoms with Gasteiger partial charge in [0, 0.05) is 25.2 Å². The van der Waals surface area contributed by atoms with Crippen LogP contribution in [-0.4, -0.2) is 29.2 Å². The normalized spacial score (nSPS) is 16.4. The molecule has 3 amide bonds. The van der Waals surface area contributed by atoms with Crippen LogP contribution in [0.2, 0.25) is 0 Å². The summed E-state index contributed by atoms with van der Waals surface area (Å²) in [5.41, 5.74) is 8.70. The molecule has 1 fully saturated rings. The quantitative estimate of drug-likeness (QED) is 0.820. The molecule has 1 heterocycles. The van der Waals surface area contributed by atoms with Crippen LogP contribution in [-0.2, 0) is 27.3 Å². The number of aryl methyl sites for hydroxylation is 1. The second-order valence-corrected chi connectivity index (χ2v) is 6.95. The minimum atomic E-state index is -0.461. The number of nitrogens with zero attached hydrogens (tertiary/aromatic N) is 1. The predicted molar refractivity (Wildman–Crippen MR) is 103 cm³/mol. The van der Waals surface area contributed by atoms with Gasteiger partial charge in [0.15, 0.2) is 0 Å². The Bertz CT molecular complexity index is 861. The van der Waals surface area contributed by atoms with Gasteiger partial charge in [0.2, 0.25) is 17.7 Å². The minimum Gasteiger partial charge on any atom is -0.369 e. The van der Waals surface area contributed by atoms with Gasteiger partial charge in [0.1, 0.15) is 0 Å². The van der Waals surface area contributed by atoms with E-state index in [4.69, 9.17) is 5.73 Å². The zero-order valence-corrected chi connectivity index (χ0v) is 15.3. The molecular formula is C21H23N3O3. The summed E-state index contributed by atoms with van der Waals surface area (Å²) >= 11 is 0. The molecule has 1 atom stereocenters. The zero-order chi connectivity index (χ0) is 19.4. The van der Waals surface area contributed by atoms with Crippen molar-refractivity contribution >= 4 is 23.4 Å². The number of nitrogens with one attached hydrogen (secondary N) is 1. The van der Waals surface area contributed by atoms with Gasteiger partial charge in [-0.15, -0.1) is 0 Å². The maximum Gasteiger partial charge on any atom is 0.229 e. The summed E-state index contributed by atoms with van der Waals surface area (Å²) in [6.45, 7) is 2.90. The fourth-order valence-corrected chi connectivity index (χ4v) is 3.23. The number of anilines is 1. The van der Waals surface area contributed by atoms with E-state index in [9.17, 15) is 14.4 Å². The van der Waals surface area contributed by atoms with Gasteiger partial charge in [-0.05, 0) is 24.1 Å². The Balaban J connectivity index is 1.64. The van der Waals surface area contributed by atoms with Crippen molar-refractivity contribution in [3.8, 4) is 0 Å². The molecular weight excluding hydrogens is 342 g/mol. The van der Waals surface area contributed by atoms with E-state index in [1.54, 1.807) is 29.2 Å². The monoisotopic (exact) mass is 365 g/mol. The predicted octanol–water partition coefficient (Wildman–Crippen LogP) is 2.01. The van der Waals surface area contributed by atoms with Gasteiger partial charge >= 0.3 is 0 Å². The molecule has 2 aromatic rings. The van der Waals surface area contributed by atoms with Gasteiger partial charge in [0.05, 0.1) is 12.3 Å². The molecule has 27 heavy (non-hydrogen) atoms. The summed E-state index contributed by atoms with van der Waals surface area (Å²) in [5, 5.41) is 2.84. The summed E-state index contributed by atoms with van der Waals surface area (Å²) < 4.78 is 0. The van der Waals surface area contributed by atoms with E-state index in [1.807, 2.05) is 31.2 Å². The molecule has 3 rings (SSSR count). The lowest BCUT2D eigenvalue weighted by Gasteiger charge is -2.17. The maximum atomic E-state index is 12.6. The zero-order valence-electron chi connectivity index (χ0n) is 15.3. The lowest BCUT2D eigenvalue weighted by atomic mass is 10.1. The Hall–Kier alpha value is -3.15. The first-order valence-corrected chi connectivity index (χ1v) is 8.93. The molecule has 0 saturated carbocycles. The van der Waals surface area contributed by atoms with Crippen LogP contribution in [0, 0.1) is 12.8 Å². The number of amides is 3. The van der Waals surface area contributed by atoms with Gasteiger partial charge in [-0.3, -0.25) is 14.4 Å². The highest BCUT2D eigenvalue weighted by atomic mass is 16.2. The average molecular weight is 365 g/mol. The molecule has 1 aliphatic heterocycles. The number of primary amides is 1. The largest absolute Gasteiger partial charge is 0.369 e. The van der Waals surface area contributed by atoms with Crippen LogP contribution < -0.4 is 11.1 Å². The number of hydrogen-bond acceptors (Lipinski definition) is 3. The van der Waals surface area contributed by atoms with Gasteiger partial charge in [-0.1, -0.05) is 48.0 Å². The Kier molecular flexibility index (Phi) is 5.54. The van der Waals surface area contributed by atoms with E-state index >= 15 is 0 Å². The first kappa shape index (κ1) is 18.6. The second kappa shape index (κ2) is 8.03. The topological polar surface area (TPSA) is 92.5 Å². The number of rotatable bonds is 6. The molecule has 0 spiro atoms. The van der Waals surface area contributed by atoms with Crippen molar-refractivity contribution in [1.82, 2.24) is 4.90 Å². The van der Waals surface area contributed by atoms with Gasteiger partial charge in [-0.2, -0.15) is 0 Å². The van der Waals surface area contributed by atoms with Gasteiger partial charge in [0.25, 0.3) is 0 Å². The van der Waals surface area contributed by atoms with Crippen molar-refractivity contribution in [3.05, 3.63) is 65.2 Å². The third-order valence-corrected chi connectivity index (χ3v) is 4.72. The highest BCUT2D eigenvalue weighted by Crippen LogP contribution is 2.23. The van der Waals surface area contributed by atoms with Crippen molar-refractivity contribution in [2.75, 3.05) is 11.9 Å². The fourth-order valence-electron chi connectivity index (χ4n) is 3.23. The Morgan fingerprint density at radius 2 is 1.85 bits per heavy atom. The van der Waals surface area contributed by atoms with E-state index in [-0.39, 0.29) is 24.7 Å². The van der Waals surface area contributed by atoms with Crippen LogP contribution in [0.25, 0.3) is 0 Å². The van der Waals surface area contributed by atoms with E-state index < -0.39 is 11.8 Å². The van der Waals surface area contributed by atoms with Crippen molar-refractivity contribution < 1.29 is 14.4 Å². The molecule has 1 unspecified atom stereocenters. The molecule has 6 heteroatoms. The number of para-hydroxylation sites is 1. The first-order chi connectivity index (χ1) is 12.9. The summed E-state index contributed by atoms with van der Waals surface area (Å²) in [4.78, 5) is 37.9. The SMILES string of the molecule is Cc1ccc(CN2CC(C(=O)Nc3ccccc3CC(N)=O)CC2=O)cc1. The Morgan fingerprint density at radius 3 is 2.56 bits per heavy atom. The number of likely N-dealkylation sites (tertiary alicyclic amines) is 1. The third kappa shape index (κ3) is 4.73. The number of carbonyl (C=O) groups excluding carboxylic acids is 3. The molecule has 140 valence electrons. The molecule has 2 aromatic carbocycles. The number of hydrogen-bond donors (Lipinski definition) is 2. The summed E-state index contributed by atoms with van der Waals surface area (Å²) in [6, 6.07) is 15.1. The number of carbonyl (C=O) groups is 3. The van der Waals surface area contributed by atoms with E-state index in [0.717, 1.165) is 5.56 Å². The molecule has 0 radical (unpaired) electrons. The average Bonchev–Trinajstić information content (AvgIpc) is 2.99. The van der Waals surface area contributed by atoms with Crippen molar-refractivity contribution in [3.63, 3.8) is 0 Å². The number of benzene rings is 2. The molecule has 1 saturated heterocycles. The lowest BCUT2D eigenvalue weighted by Crippen LogP contribution is -2.28. The van der Waals surface area contributed by atoms with Gasteiger partial charge < -0.3 is 16.0 Å². The standard InChI is InChI=1S/C21H23N3O3/c1-14-6-8-15(9-7-14)12-24-13-17(11-20(24)26)21(27)23-18-5-3-2-4-16(18)10-19(22)25/h2-9,17H,10-13H2,1H3,(H2,22,25)(H,23,27). The Morgan fingerprint density at radius 1 is 1.15 bits per heavy atom. The van der Waals surface area contributed by atoms with E-state index in [1.165, 1.54) is 5.56 Å². The second-order valence-electron chi connectivity index (χ2n) is 6.95. The first-order valence-electron chi connectivity index (χ1n) is 8.93. The smallest absolute Gasteiger partial charge is 0.229 e. The molecule has 3 N–H and O–H groups in total. The lowest BCUT2D eigenvalue weighted by molar-refractivity contribution is -0.128. The highest BCUT2D eigenvalue weighted by Gasteiger charge is 2.34. The molecule has 0 aliphatic carbocycles. The van der Waals surface area contributed by atoms with Crippen LogP contribution in [0.3, 0.4) is 0 Å². The summed E-state index contributed by atoms with van der Waals surface area (Å²) in [5.74, 6) is -1.12. The Labute approximate surface area is 158 Å². The molecule has 6 nitrogen and oxygen atoms in total. The van der Waals surface area contributed by atoms with Crippen molar-refractivity contribution in [2.45, 2.75) is 26.3 Å². The van der Waals surface area contributed by atoms with Crippen molar-refractivity contribution in [2.24, 2.45) is 11.7 Å². The molecule has 1 aliphatic rings.